The molecule has 0 saturated carbocycles. The molecule has 1 N–H and O–H groups in total. The Labute approximate surface area is 172 Å². The Bertz CT molecular complexity index is 822. The van der Waals surface area contributed by atoms with Crippen LogP contribution >= 0.6 is 0 Å². The van der Waals surface area contributed by atoms with E-state index in [1.807, 2.05) is 41.3 Å². The van der Waals surface area contributed by atoms with Crippen LogP contribution in [0.4, 0.5) is 0 Å². The predicted molar refractivity (Wildman–Crippen MR) is 114 cm³/mol. The van der Waals surface area contributed by atoms with Crippen LogP contribution in [0.5, 0.6) is 0 Å². The van der Waals surface area contributed by atoms with E-state index in [9.17, 15) is 9.59 Å². The summed E-state index contributed by atoms with van der Waals surface area (Å²) in [5, 5.41) is 8.91. The van der Waals surface area contributed by atoms with Gasteiger partial charge in [-0.3, -0.25) is 14.5 Å². The fourth-order valence-electron chi connectivity index (χ4n) is 4.06. The molecule has 1 unspecified atom stereocenters. The Hall–Kier alpha value is -2.66. The zero-order valence-electron chi connectivity index (χ0n) is 17.1. The summed E-state index contributed by atoms with van der Waals surface area (Å²) in [6.45, 7) is 3.04. The normalized spacial score (nSPS) is 16.8. The Morgan fingerprint density at radius 3 is 2.55 bits per heavy atom. The number of aliphatic carboxylic acids is 1. The van der Waals surface area contributed by atoms with Gasteiger partial charge in [-0.1, -0.05) is 42.5 Å². The second kappa shape index (κ2) is 10.2. The molecule has 0 aromatic heterocycles. The summed E-state index contributed by atoms with van der Waals surface area (Å²) in [5.74, 6) is -0.428. The standard InChI is InChI=1S/C24H30N2O3/c1-25(16-19-7-3-2-4-8-19)17-21-9-5-11-22(15-21)24(29)26-14-6-10-20(18-26)12-13-23(27)28/h2-5,7-9,11,15,20H,6,10,12-14,16-18H2,1H3,(H,27,28). The van der Waals surface area contributed by atoms with Crippen LogP contribution in [0.2, 0.25) is 0 Å². The number of rotatable bonds is 8. The van der Waals surface area contributed by atoms with Crippen molar-refractivity contribution in [2.45, 2.75) is 38.8 Å². The second-order valence-corrected chi connectivity index (χ2v) is 8.05. The van der Waals surface area contributed by atoms with Crippen LogP contribution < -0.4 is 0 Å². The van der Waals surface area contributed by atoms with Crippen molar-refractivity contribution in [3.63, 3.8) is 0 Å². The lowest BCUT2D eigenvalue weighted by atomic mass is 9.93. The molecule has 1 aliphatic heterocycles. The van der Waals surface area contributed by atoms with E-state index in [2.05, 4.69) is 30.1 Å². The van der Waals surface area contributed by atoms with Crippen molar-refractivity contribution in [1.82, 2.24) is 9.80 Å². The number of carbonyl (C=O) groups is 2. The minimum Gasteiger partial charge on any atom is -0.481 e. The van der Waals surface area contributed by atoms with E-state index in [4.69, 9.17) is 5.11 Å². The summed E-state index contributed by atoms with van der Waals surface area (Å²) in [5.41, 5.74) is 3.10. The zero-order chi connectivity index (χ0) is 20.6. The van der Waals surface area contributed by atoms with Crippen molar-refractivity contribution >= 4 is 11.9 Å². The first-order valence-corrected chi connectivity index (χ1v) is 10.3. The highest BCUT2D eigenvalue weighted by molar-refractivity contribution is 5.94. The molecule has 1 saturated heterocycles. The van der Waals surface area contributed by atoms with E-state index >= 15 is 0 Å². The van der Waals surface area contributed by atoms with Crippen molar-refractivity contribution < 1.29 is 14.7 Å². The molecule has 3 rings (SSSR count). The van der Waals surface area contributed by atoms with Gasteiger partial charge in [-0.15, -0.1) is 0 Å². The average Bonchev–Trinajstić information content (AvgIpc) is 2.73. The number of benzene rings is 2. The first-order chi connectivity index (χ1) is 14.0. The summed E-state index contributed by atoms with van der Waals surface area (Å²) in [7, 11) is 2.08. The van der Waals surface area contributed by atoms with Crippen molar-refractivity contribution in [3.8, 4) is 0 Å². The molecule has 5 heteroatoms. The van der Waals surface area contributed by atoms with E-state index in [1.54, 1.807) is 0 Å². The number of carbonyl (C=O) groups excluding carboxylic acids is 1. The maximum atomic E-state index is 13.0. The molecule has 2 aromatic carbocycles. The molecule has 0 spiro atoms. The van der Waals surface area contributed by atoms with Gasteiger partial charge in [0.05, 0.1) is 0 Å². The van der Waals surface area contributed by atoms with E-state index in [1.165, 1.54) is 5.56 Å². The summed E-state index contributed by atoms with van der Waals surface area (Å²) in [6, 6.07) is 18.2. The molecule has 1 amide bonds. The fourth-order valence-corrected chi connectivity index (χ4v) is 4.06. The lowest BCUT2D eigenvalue weighted by Gasteiger charge is -2.32. The number of carboxylic acids is 1. The Balaban J connectivity index is 1.59. The SMILES string of the molecule is CN(Cc1ccccc1)Cc1cccc(C(=O)N2CCCC(CCC(=O)O)C2)c1. The first kappa shape index (κ1) is 21.1. The van der Waals surface area contributed by atoms with Crippen LogP contribution in [0, 0.1) is 5.92 Å². The Morgan fingerprint density at radius 1 is 1.07 bits per heavy atom. The minimum absolute atomic E-state index is 0.0533. The maximum absolute atomic E-state index is 13.0. The number of hydrogen-bond donors (Lipinski definition) is 1. The highest BCUT2D eigenvalue weighted by Crippen LogP contribution is 2.23. The van der Waals surface area contributed by atoms with Gasteiger partial charge in [0.2, 0.25) is 0 Å². The third kappa shape index (κ3) is 6.43. The number of piperidine rings is 1. The van der Waals surface area contributed by atoms with Gasteiger partial charge in [-0.2, -0.15) is 0 Å². The monoisotopic (exact) mass is 394 g/mol. The van der Waals surface area contributed by atoms with Crippen LogP contribution in [0.15, 0.2) is 54.6 Å². The van der Waals surface area contributed by atoms with Crippen molar-refractivity contribution in [2.24, 2.45) is 5.92 Å². The topological polar surface area (TPSA) is 60.9 Å². The van der Waals surface area contributed by atoms with Crippen molar-refractivity contribution in [2.75, 3.05) is 20.1 Å². The average molecular weight is 395 g/mol. The summed E-state index contributed by atoms with van der Waals surface area (Å²) in [4.78, 5) is 28.0. The van der Waals surface area contributed by atoms with Gasteiger partial charge in [-0.05, 0) is 55.5 Å². The van der Waals surface area contributed by atoms with E-state index in [0.717, 1.165) is 43.6 Å². The molecular weight excluding hydrogens is 364 g/mol. The van der Waals surface area contributed by atoms with Crippen molar-refractivity contribution in [3.05, 3.63) is 71.3 Å². The number of likely N-dealkylation sites (tertiary alicyclic amines) is 1. The molecule has 0 aliphatic carbocycles. The van der Waals surface area contributed by atoms with E-state index in [0.29, 0.717) is 13.0 Å². The third-order valence-corrected chi connectivity index (χ3v) is 5.49. The van der Waals surface area contributed by atoms with Crippen LogP contribution in [0.3, 0.4) is 0 Å². The van der Waals surface area contributed by atoms with Gasteiger partial charge in [0, 0.05) is 38.2 Å². The smallest absolute Gasteiger partial charge is 0.303 e. The van der Waals surface area contributed by atoms with Crippen LogP contribution in [0.25, 0.3) is 0 Å². The summed E-state index contributed by atoms with van der Waals surface area (Å²) < 4.78 is 0. The molecular formula is C24H30N2O3. The second-order valence-electron chi connectivity index (χ2n) is 8.05. The number of nitrogens with zero attached hydrogens (tertiary/aromatic N) is 2. The Kier molecular flexibility index (Phi) is 7.42. The van der Waals surface area contributed by atoms with E-state index in [-0.39, 0.29) is 18.2 Å². The van der Waals surface area contributed by atoms with Crippen LogP contribution in [0.1, 0.15) is 47.2 Å². The molecule has 1 heterocycles. The lowest BCUT2D eigenvalue weighted by Crippen LogP contribution is -2.40. The van der Waals surface area contributed by atoms with Gasteiger partial charge >= 0.3 is 5.97 Å². The van der Waals surface area contributed by atoms with Crippen LogP contribution in [-0.4, -0.2) is 46.9 Å². The number of carboxylic acid groups (broad SMARTS) is 1. The molecule has 154 valence electrons. The quantitative estimate of drug-likeness (QED) is 0.734. The molecule has 0 radical (unpaired) electrons. The van der Waals surface area contributed by atoms with Gasteiger partial charge in [0.15, 0.2) is 0 Å². The lowest BCUT2D eigenvalue weighted by molar-refractivity contribution is -0.137. The predicted octanol–water partition coefficient (Wildman–Crippen LogP) is 4.04. The van der Waals surface area contributed by atoms with Gasteiger partial charge in [0.25, 0.3) is 5.91 Å². The first-order valence-electron chi connectivity index (χ1n) is 10.3. The molecule has 1 fully saturated rings. The van der Waals surface area contributed by atoms with Gasteiger partial charge in [-0.25, -0.2) is 0 Å². The van der Waals surface area contributed by atoms with Gasteiger partial charge < -0.3 is 10.0 Å². The molecule has 1 atom stereocenters. The largest absolute Gasteiger partial charge is 0.481 e. The molecule has 2 aromatic rings. The fraction of sp³-hybridized carbons (Fsp3) is 0.417. The highest BCUT2D eigenvalue weighted by Gasteiger charge is 2.25. The molecule has 0 bridgehead atoms. The maximum Gasteiger partial charge on any atom is 0.303 e. The molecule has 5 nitrogen and oxygen atoms in total. The summed E-state index contributed by atoms with van der Waals surface area (Å²) in [6.07, 6.45) is 2.76. The zero-order valence-corrected chi connectivity index (χ0v) is 17.1. The number of hydrogen-bond acceptors (Lipinski definition) is 3. The highest BCUT2D eigenvalue weighted by atomic mass is 16.4. The third-order valence-electron chi connectivity index (χ3n) is 5.49. The minimum atomic E-state index is -0.763. The Morgan fingerprint density at radius 2 is 1.79 bits per heavy atom. The van der Waals surface area contributed by atoms with Crippen molar-refractivity contribution in [1.29, 1.82) is 0 Å². The van der Waals surface area contributed by atoms with Gasteiger partial charge in [0.1, 0.15) is 0 Å². The number of amides is 1. The summed E-state index contributed by atoms with van der Waals surface area (Å²) >= 11 is 0. The van der Waals surface area contributed by atoms with Crippen LogP contribution in [-0.2, 0) is 17.9 Å². The molecule has 1 aliphatic rings. The van der Waals surface area contributed by atoms with E-state index < -0.39 is 5.97 Å². The molecule has 29 heavy (non-hydrogen) atoms.